The van der Waals surface area contributed by atoms with Crippen molar-refractivity contribution in [2.75, 3.05) is 0 Å². The van der Waals surface area contributed by atoms with Gasteiger partial charge in [0.1, 0.15) is 0 Å². The summed E-state index contributed by atoms with van der Waals surface area (Å²) in [5.41, 5.74) is 18.9. The van der Waals surface area contributed by atoms with E-state index in [2.05, 4.69) is 22.9 Å². The van der Waals surface area contributed by atoms with Crippen LogP contribution in [0, 0.1) is 0 Å². The van der Waals surface area contributed by atoms with Crippen molar-refractivity contribution in [1.82, 2.24) is 0 Å². The highest BCUT2D eigenvalue weighted by molar-refractivity contribution is 5.65. The van der Waals surface area contributed by atoms with Crippen LogP contribution in [0.15, 0.2) is 12.1 Å². The summed E-state index contributed by atoms with van der Waals surface area (Å²) < 4.78 is 0. The Hall–Kier alpha value is -0.940. The van der Waals surface area contributed by atoms with Crippen LogP contribution in [0.1, 0.15) is 0 Å². The molecule has 12 N–H and O–H groups in total. The SMILES string of the molecule is [NH3+]c1cc([NH3+])c([NH3+])cc1[NH3+]. The maximum absolute atomic E-state index is 3.79. The van der Waals surface area contributed by atoms with E-state index in [9.17, 15) is 0 Å². The number of rotatable bonds is 0. The molecule has 0 aromatic heterocycles. The first-order valence-corrected chi connectivity index (χ1v) is 3.07. The largest absolute Gasteiger partial charge is 0.320 e. The second kappa shape index (κ2) is 2.36. The monoisotopic (exact) mass is 142 g/mol. The molecular weight excluding hydrogens is 128 g/mol. The molecule has 0 saturated heterocycles. The minimum atomic E-state index is 0.928. The van der Waals surface area contributed by atoms with Gasteiger partial charge in [-0.25, -0.2) is 0 Å². The van der Waals surface area contributed by atoms with E-state index in [-0.39, 0.29) is 0 Å². The van der Waals surface area contributed by atoms with Crippen molar-refractivity contribution in [2.24, 2.45) is 0 Å². The number of quaternary nitrogens is 4. The molecule has 0 aliphatic rings. The van der Waals surface area contributed by atoms with Gasteiger partial charge in [0.2, 0.25) is 0 Å². The molecule has 54 valence electrons. The van der Waals surface area contributed by atoms with Crippen LogP contribution in [0.25, 0.3) is 0 Å². The van der Waals surface area contributed by atoms with Gasteiger partial charge in [-0.3, -0.25) is 0 Å². The fraction of sp³-hybridized carbons (Fsp3) is 0. The van der Waals surface area contributed by atoms with Crippen LogP contribution in [0.3, 0.4) is 0 Å². The Bertz CT molecular complexity index is 206. The van der Waals surface area contributed by atoms with E-state index >= 15 is 0 Å². The zero-order valence-corrected chi connectivity index (χ0v) is 5.98. The van der Waals surface area contributed by atoms with Gasteiger partial charge in [0.15, 0.2) is 22.7 Å². The van der Waals surface area contributed by atoms with Crippen LogP contribution in [0.2, 0.25) is 0 Å². The fourth-order valence-electron chi connectivity index (χ4n) is 0.791. The summed E-state index contributed by atoms with van der Waals surface area (Å²) in [6.07, 6.45) is 0. The molecule has 1 aromatic rings. The molecule has 4 nitrogen and oxygen atoms in total. The van der Waals surface area contributed by atoms with Gasteiger partial charge >= 0.3 is 0 Å². The summed E-state index contributed by atoms with van der Waals surface area (Å²) in [6, 6.07) is 3.79. The maximum Gasteiger partial charge on any atom is 0.195 e. The molecule has 0 aliphatic heterocycles. The van der Waals surface area contributed by atoms with Crippen LogP contribution >= 0.6 is 0 Å². The van der Waals surface area contributed by atoms with Gasteiger partial charge in [0, 0.05) is 0 Å². The van der Waals surface area contributed by atoms with Crippen molar-refractivity contribution in [1.29, 1.82) is 0 Å². The first kappa shape index (κ1) is 7.17. The zero-order valence-electron chi connectivity index (χ0n) is 5.98. The van der Waals surface area contributed by atoms with Crippen molar-refractivity contribution < 1.29 is 22.9 Å². The van der Waals surface area contributed by atoms with E-state index < -0.39 is 0 Å². The topological polar surface area (TPSA) is 111 Å². The quantitative estimate of drug-likeness (QED) is 0.299. The highest BCUT2D eigenvalue weighted by Crippen LogP contribution is 2.18. The van der Waals surface area contributed by atoms with Gasteiger partial charge < -0.3 is 22.9 Å². The summed E-state index contributed by atoms with van der Waals surface area (Å²) >= 11 is 0. The molecule has 0 atom stereocenters. The number of benzene rings is 1. The fourth-order valence-corrected chi connectivity index (χ4v) is 0.791. The molecule has 0 unspecified atom stereocenters. The van der Waals surface area contributed by atoms with Gasteiger partial charge in [0.25, 0.3) is 0 Å². The normalized spacial score (nSPS) is 10.0. The van der Waals surface area contributed by atoms with E-state index in [4.69, 9.17) is 0 Å². The second-order valence-corrected chi connectivity index (χ2v) is 2.39. The van der Waals surface area contributed by atoms with Crippen LogP contribution in [0.5, 0.6) is 0 Å². The lowest BCUT2D eigenvalue weighted by atomic mass is 10.2. The molecule has 1 rings (SSSR count). The average Bonchev–Trinajstić information content (AvgIpc) is 1.84. The lowest BCUT2D eigenvalue weighted by molar-refractivity contribution is -0.313. The standard InChI is InChI=1S/C6H10N4/c7-3-1-4(8)6(10)2-5(3)9/h1-2H,7-10H2/p+4. The lowest BCUT2D eigenvalue weighted by Crippen LogP contribution is -2.54. The van der Waals surface area contributed by atoms with Gasteiger partial charge in [0.05, 0.1) is 12.1 Å². The summed E-state index contributed by atoms with van der Waals surface area (Å²) in [4.78, 5) is 0. The molecule has 0 saturated carbocycles. The summed E-state index contributed by atoms with van der Waals surface area (Å²) in [5.74, 6) is 0. The predicted molar refractivity (Wildman–Crippen MR) is 36.6 cm³/mol. The molecule has 0 bridgehead atoms. The van der Waals surface area contributed by atoms with Crippen molar-refractivity contribution >= 4 is 22.7 Å². The Morgan fingerprint density at radius 1 is 0.600 bits per heavy atom. The first-order valence-electron chi connectivity index (χ1n) is 3.07. The summed E-state index contributed by atoms with van der Waals surface area (Å²) in [5, 5.41) is 0. The van der Waals surface area contributed by atoms with Crippen LogP contribution in [-0.2, 0) is 0 Å². The van der Waals surface area contributed by atoms with Gasteiger partial charge in [-0.05, 0) is 0 Å². The highest BCUT2D eigenvalue weighted by atomic mass is 14.7. The number of hydrogen-bond donors (Lipinski definition) is 4. The van der Waals surface area contributed by atoms with E-state index in [1.165, 1.54) is 0 Å². The van der Waals surface area contributed by atoms with E-state index in [0.717, 1.165) is 22.7 Å². The van der Waals surface area contributed by atoms with E-state index in [1.54, 1.807) is 0 Å². The van der Waals surface area contributed by atoms with Crippen LogP contribution < -0.4 is 22.9 Å². The smallest absolute Gasteiger partial charge is 0.195 e. The Kier molecular flexibility index (Phi) is 1.69. The zero-order chi connectivity index (χ0) is 7.72. The predicted octanol–water partition coefficient (Wildman–Crippen LogP) is -2.82. The third kappa shape index (κ3) is 1.14. The Morgan fingerprint density at radius 3 is 1.00 bits per heavy atom. The van der Waals surface area contributed by atoms with Crippen molar-refractivity contribution in [3.05, 3.63) is 12.1 Å². The van der Waals surface area contributed by atoms with Crippen molar-refractivity contribution in [3.63, 3.8) is 0 Å². The molecule has 4 heteroatoms. The lowest BCUT2D eigenvalue weighted by Gasteiger charge is -1.92. The molecule has 0 heterocycles. The summed E-state index contributed by atoms with van der Waals surface area (Å²) in [7, 11) is 0. The maximum atomic E-state index is 3.79. The van der Waals surface area contributed by atoms with E-state index in [0.29, 0.717) is 0 Å². The Labute approximate surface area is 58.8 Å². The van der Waals surface area contributed by atoms with E-state index in [1.807, 2.05) is 12.1 Å². The molecular formula is C6H14N4+4. The minimum absolute atomic E-state index is 0.928. The third-order valence-corrected chi connectivity index (χ3v) is 1.52. The second-order valence-electron chi connectivity index (χ2n) is 2.39. The molecule has 0 fully saturated rings. The Balaban J connectivity index is 3.28. The van der Waals surface area contributed by atoms with Crippen molar-refractivity contribution in [3.8, 4) is 0 Å². The van der Waals surface area contributed by atoms with Gasteiger partial charge in [-0.2, -0.15) is 0 Å². The molecule has 1 aromatic carbocycles. The van der Waals surface area contributed by atoms with Crippen LogP contribution in [-0.4, -0.2) is 0 Å². The van der Waals surface area contributed by atoms with Crippen LogP contribution in [0.4, 0.5) is 22.7 Å². The van der Waals surface area contributed by atoms with Gasteiger partial charge in [-0.1, -0.05) is 0 Å². The summed E-state index contributed by atoms with van der Waals surface area (Å²) in [6.45, 7) is 0. The number of hydrogen-bond acceptors (Lipinski definition) is 0. The molecule has 0 radical (unpaired) electrons. The molecule has 0 spiro atoms. The third-order valence-electron chi connectivity index (χ3n) is 1.52. The Morgan fingerprint density at radius 2 is 0.800 bits per heavy atom. The van der Waals surface area contributed by atoms with Gasteiger partial charge in [-0.15, -0.1) is 0 Å². The first-order chi connectivity index (χ1) is 4.61. The highest BCUT2D eigenvalue weighted by Gasteiger charge is 2.09. The minimum Gasteiger partial charge on any atom is -0.320 e. The molecule has 0 amide bonds. The molecule has 10 heavy (non-hydrogen) atoms. The van der Waals surface area contributed by atoms with Crippen molar-refractivity contribution in [2.45, 2.75) is 0 Å². The molecule has 0 aliphatic carbocycles. The average molecular weight is 142 g/mol.